The first kappa shape index (κ1) is 14.1. The molecule has 0 amide bonds. The highest BCUT2D eigenvalue weighted by atomic mass is 32.1. The van der Waals surface area contributed by atoms with Crippen LogP contribution >= 0.6 is 12.2 Å². The number of hydrogen-bond acceptors (Lipinski definition) is 2. The highest BCUT2D eigenvalue weighted by Gasteiger charge is 1.97. The molecule has 0 rings (SSSR count). The zero-order valence-electron chi connectivity index (χ0n) is 9.43. The Kier molecular flexibility index (Phi) is 11.2. The Hall–Kier alpha value is 0.0500. The predicted octanol–water partition coefficient (Wildman–Crippen LogP) is 3.88. The van der Waals surface area contributed by atoms with Gasteiger partial charge in [-0.3, -0.25) is 0 Å². The Labute approximate surface area is 93.9 Å². The number of unbranched alkanes of at least 4 members (excludes halogenated alkanes) is 5. The number of hydrogen-bond donors (Lipinski definition) is 1. The second-order valence-corrected chi connectivity index (χ2v) is 4.46. The first-order valence-corrected chi connectivity index (χ1v) is 6.34. The van der Waals surface area contributed by atoms with E-state index in [0.29, 0.717) is 6.61 Å². The Morgan fingerprint density at radius 1 is 0.929 bits per heavy atom. The quantitative estimate of drug-likeness (QED) is 0.442. The maximum Gasteiger partial charge on any atom is 0.0431 e. The van der Waals surface area contributed by atoms with Crippen LogP contribution in [0.3, 0.4) is 0 Å². The molecule has 14 heavy (non-hydrogen) atoms. The third-order valence-corrected chi connectivity index (χ3v) is 2.83. The summed E-state index contributed by atoms with van der Waals surface area (Å²) in [6, 6.07) is 0. The molecule has 0 unspecified atom stereocenters. The highest BCUT2D eigenvalue weighted by Crippen LogP contribution is 2.09. The van der Waals surface area contributed by atoms with Crippen LogP contribution in [-0.2, 0) is 0 Å². The molecule has 0 aromatic carbocycles. The lowest BCUT2D eigenvalue weighted by atomic mass is 10.1. The minimum absolute atomic E-state index is 0.305. The monoisotopic (exact) mass is 216 g/mol. The van der Waals surface area contributed by atoms with Crippen molar-refractivity contribution < 1.29 is 5.11 Å². The summed E-state index contributed by atoms with van der Waals surface area (Å²) in [6.07, 6.45) is 10.7. The summed E-state index contributed by atoms with van der Waals surface area (Å²) in [5.74, 6) is 0. The number of rotatable bonds is 10. The largest absolute Gasteiger partial charge is 0.396 e. The van der Waals surface area contributed by atoms with Crippen LogP contribution in [0.4, 0.5) is 0 Å². The first-order valence-electron chi connectivity index (χ1n) is 5.93. The summed E-state index contributed by atoms with van der Waals surface area (Å²) in [5, 5.41) is 8.61. The van der Waals surface area contributed by atoms with Crippen LogP contribution in [-0.4, -0.2) is 16.6 Å². The highest BCUT2D eigenvalue weighted by molar-refractivity contribution is 7.80. The minimum atomic E-state index is 0.305. The maximum atomic E-state index is 8.61. The molecule has 0 heterocycles. The molecule has 0 aliphatic carbocycles. The summed E-state index contributed by atoms with van der Waals surface area (Å²) in [4.78, 5) is 1.20. The first-order chi connectivity index (χ1) is 6.81. The van der Waals surface area contributed by atoms with Crippen LogP contribution in [0.15, 0.2) is 0 Å². The van der Waals surface area contributed by atoms with Gasteiger partial charge in [0.25, 0.3) is 0 Å². The van der Waals surface area contributed by atoms with Crippen molar-refractivity contribution in [2.75, 3.05) is 6.61 Å². The van der Waals surface area contributed by atoms with E-state index in [1.165, 1.54) is 37.0 Å². The summed E-state index contributed by atoms with van der Waals surface area (Å²) < 4.78 is 0. The van der Waals surface area contributed by atoms with E-state index in [2.05, 4.69) is 6.92 Å². The van der Waals surface area contributed by atoms with Crippen molar-refractivity contribution in [1.82, 2.24) is 0 Å². The molecule has 0 fully saturated rings. The lowest BCUT2D eigenvalue weighted by Crippen LogP contribution is -1.95. The molecule has 1 N–H and O–H groups in total. The topological polar surface area (TPSA) is 20.2 Å². The van der Waals surface area contributed by atoms with Crippen molar-refractivity contribution in [3.63, 3.8) is 0 Å². The van der Waals surface area contributed by atoms with E-state index in [-0.39, 0.29) is 0 Å². The molecule has 0 aromatic heterocycles. The number of aliphatic hydroxyl groups excluding tert-OH is 1. The number of aliphatic hydroxyl groups is 1. The smallest absolute Gasteiger partial charge is 0.0431 e. The van der Waals surface area contributed by atoms with E-state index in [4.69, 9.17) is 17.3 Å². The Balaban J connectivity index is 3.10. The van der Waals surface area contributed by atoms with E-state index < -0.39 is 0 Å². The average Bonchev–Trinajstić information content (AvgIpc) is 2.18. The van der Waals surface area contributed by atoms with Gasteiger partial charge in [-0.05, 0) is 37.0 Å². The van der Waals surface area contributed by atoms with Crippen LogP contribution in [0.25, 0.3) is 0 Å². The molecular formula is C12H24OS. The molecule has 0 aliphatic rings. The molecule has 0 aliphatic heterocycles. The fourth-order valence-corrected chi connectivity index (χ4v) is 1.77. The molecule has 0 saturated carbocycles. The standard InChI is InChI=1S/C12H24OS/c1-2-3-4-5-6-9-12(14)10-7-8-11-13/h13H,2-11H2,1H3. The third-order valence-electron chi connectivity index (χ3n) is 2.42. The molecule has 0 aromatic rings. The maximum absolute atomic E-state index is 8.61. The molecule has 0 atom stereocenters. The van der Waals surface area contributed by atoms with Crippen molar-refractivity contribution >= 4 is 17.1 Å². The van der Waals surface area contributed by atoms with Crippen LogP contribution in [0.2, 0.25) is 0 Å². The number of thiocarbonyl (C=S) groups is 1. The normalized spacial score (nSPS) is 10.4. The van der Waals surface area contributed by atoms with Gasteiger partial charge in [0.1, 0.15) is 0 Å². The molecular weight excluding hydrogens is 192 g/mol. The van der Waals surface area contributed by atoms with Crippen molar-refractivity contribution in [1.29, 1.82) is 0 Å². The van der Waals surface area contributed by atoms with Crippen LogP contribution in [0.1, 0.15) is 64.7 Å². The van der Waals surface area contributed by atoms with Gasteiger partial charge in [-0.1, -0.05) is 44.8 Å². The van der Waals surface area contributed by atoms with Crippen LogP contribution in [0.5, 0.6) is 0 Å². The average molecular weight is 216 g/mol. The van der Waals surface area contributed by atoms with Gasteiger partial charge < -0.3 is 5.11 Å². The summed E-state index contributed by atoms with van der Waals surface area (Å²) in [6.45, 7) is 2.54. The van der Waals surface area contributed by atoms with Gasteiger partial charge in [-0.2, -0.15) is 0 Å². The van der Waals surface area contributed by atoms with E-state index >= 15 is 0 Å². The fourth-order valence-electron chi connectivity index (χ4n) is 1.48. The lowest BCUT2D eigenvalue weighted by molar-refractivity contribution is 0.285. The predicted molar refractivity (Wildman–Crippen MR) is 66.9 cm³/mol. The molecule has 0 spiro atoms. The van der Waals surface area contributed by atoms with E-state index in [1.807, 2.05) is 0 Å². The van der Waals surface area contributed by atoms with Gasteiger partial charge in [0.05, 0.1) is 0 Å². The summed E-state index contributed by atoms with van der Waals surface area (Å²) >= 11 is 5.26. The summed E-state index contributed by atoms with van der Waals surface area (Å²) in [5.41, 5.74) is 0. The van der Waals surface area contributed by atoms with Crippen molar-refractivity contribution in [3.05, 3.63) is 0 Å². The van der Waals surface area contributed by atoms with Gasteiger partial charge in [-0.15, -0.1) is 0 Å². The Bertz CT molecular complexity index is 134. The van der Waals surface area contributed by atoms with Gasteiger partial charge in [0.15, 0.2) is 0 Å². The van der Waals surface area contributed by atoms with E-state index in [0.717, 1.165) is 25.7 Å². The minimum Gasteiger partial charge on any atom is -0.396 e. The van der Waals surface area contributed by atoms with Gasteiger partial charge in [-0.25, -0.2) is 0 Å². The van der Waals surface area contributed by atoms with Crippen molar-refractivity contribution in [2.24, 2.45) is 0 Å². The molecule has 84 valence electrons. The van der Waals surface area contributed by atoms with Gasteiger partial charge in [0.2, 0.25) is 0 Å². The second kappa shape index (κ2) is 11.1. The lowest BCUT2D eigenvalue weighted by Gasteiger charge is -2.02. The summed E-state index contributed by atoms with van der Waals surface area (Å²) in [7, 11) is 0. The second-order valence-electron chi connectivity index (χ2n) is 3.88. The Morgan fingerprint density at radius 3 is 2.07 bits per heavy atom. The molecule has 2 heteroatoms. The molecule has 0 saturated heterocycles. The van der Waals surface area contributed by atoms with Gasteiger partial charge in [0, 0.05) is 6.61 Å². The molecule has 0 bridgehead atoms. The fraction of sp³-hybridized carbons (Fsp3) is 0.917. The SMILES string of the molecule is CCCCCCCC(=S)CCCCO. The molecule has 1 nitrogen and oxygen atoms in total. The van der Waals surface area contributed by atoms with E-state index in [9.17, 15) is 0 Å². The van der Waals surface area contributed by atoms with Crippen molar-refractivity contribution in [3.8, 4) is 0 Å². The van der Waals surface area contributed by atoms with Crippen LogP contribution < -0.4 is 0 Å². The third kappa shape index (κ3) is 10.1. The van der Waals surface area contributed by atoms with E-state index in [1.54, 1.807) is 0 Å². The van der Waals surface area contributed by atoms with Crippen molar-refractivity contribution in [2.45, 2.75) is 64.7 Å². The Morgan fingerprint density at radius 2 is 1.50 bits per heavy atom. The zero-order chi connectivity index (χ0) is 10.6. The van der Waals surface area contributed by atoms with Crippen LogP contribution in [0, 0.1) is 0 Å². The molecule has 0 radical (unpaired) electrons. The van der Waals surface area contributed by atoms with Gasteiger partial charge >= 0.3 is 0 Å². The zero-order valence-corrected chi connectivity index (χ0v) is 10.2.